The summed E-state index contributed by atoms with van der Waals surface area (Å²) in [5.74, 6) is -0.922. The average Bonchev–Trinajstić information content (AvgIpc) is 2.61. The number of rotatable bonds is 5. The maximum absolute atomic E-state index is 12.4. The molecule has 2 rings (SSSR count). The third-order valence-electron chi connectivity index (χ3n) is 4.03. The first-order valence-corrected chi connectivity index (χ1v) is 9.30. The molecule has 0 bridgehead atoms. The van der Waals surface area contributed by atoms with Crippen LogP contribution in [-0.4, -0.2) is 53.5 Å². The van der Waals surface area contributed by atoms with E-state index in [0.717, 1.165) is 5.56 Å². The fraction of sp³-hybridized carbons (Fsp3) is 0.474. The Bertz CT molecular complexity index is 735. The topological polar surface area (TPSA) is 87.7 Å². The molecule has 2 amide bonds. The number of benzene rings is 1. The lowest BCUT2D eigenvalue weighted by molar-refractivity contribution is -0.148. The quantitative estimate of drug-likeness (QED) is 0.583. The second-order valence-corrected chi connectivity index (χ2v) is 7.30. The van der Waals surface area contributed by atoms with Crippen molar-refractivity contribution in [2.24, 2.45) is 5.92 Å². The predicted octanol–water partition coefficient (Wildman–Crippen LogP) is 1.40. The monoisotopic (exact) mass is 391 g/mol. The number of hydrogen-bond donors (Lipinski definition) is 2. The minimum absolute atomic E-state index is 0.123. The van der Waals surface area contributed by atoms with Gasteiger partial charge in [0.05, 0.1) is 13.0 Å². The van der Waals surface area contributed by atoms with Crippen LogP contribution in [0.3, 0.4) is 0 Å². The van der Waals surface area contributed by atoms with Gasteiger partial charge in [-0.05, 0) is 37.2 Å². The summed E-state index contributed by atoms with van der Waals surface area (Å²) >= 11 is 5.33. The van der Waals surface area contributed by atoms with Crippen molar-refractivity contribution in [2.75, 3.05) is 19.7 Å². The lowest BCUT2D eigenvalue weighted by atomic mass is 10.1. The Morgan fingerprint density at radius 3 is 2.81 bits per heavy atom. The standard InChI is InChI=1S/C19H25N3O4S/c1-12(2)11-26-16(23)10-15-18(25)20-7-8-22(15)19(27)21-17(24)14-6-4-5-13(3)9-14/h4-6,9,12,15H,7-8,10-11H2,1-3H3,(H,20,25)(H,21,24,27). The molecule has 2 N–H and O–H groups in total. The molecule has 27 heavy (non-hydrogen) atoms. The number of ether oxygens (including phenoxy) is 1. The van der Waals surface area contributed by atoms with Crippen LogP contribution >= 0.6 is 12.2 Å². The van der Waals surface area contributed by atoms with Gasteiger partial charge in [0.2, 0.25) is 5.91 Å². The molecule has 1 unspecified atom stereocenters. The molecule has 1 saturated heterocycles. The highest BCUT2D eigenvalue weighted by atomic mass is 32.1. The van der Waals surface area contributed by atoms with Crippen LogP contribution in [0.25, 0.3) is 0 Å². The van der Waals surface area contributed by atoms with Gasteiger partial charge in [0.15, 0.2) is 5.11 Å². The fourth-order valence-corrected chi connectivity index (χ4v) is 2.98. The molecular formula is C19H25N3O4S. The summed E-state index contributed by atoms with van der Waals surface area (Å²) in [4.78, 5) is 38.3. The number of nitrogens with one attached hydrogen (secondary N) is 2. The summed E-state index contributed by atoms with van der Waals surface area (Å²) in [7, 11) is 0. The van der Waals surface area contributed by atoms with Gasteiger partial charge in [-0.3, -0.25) is 19.7 Å². The lowest BCUT2D eigenvalue weighted by Crippen LogP contribution is -2.60. The summed E-state index contributed by atoms with van der Waals surface area (Å²) in [6.45, 7) is 6.84. The van der Waals surface area contributed by atoms with Crippen molar-refractivity contribution < 1.29 is 19.1 Å². The van der Waals surface area contributed by atoms with E-state index < -0.39 is 12.0 Å². The molecule has 1 heterocycles. The van der Waals surface area contributed by atoms with Gasteiger partial charge in [-0.15, -0.1) is 0 Å². The molecule has 1 aliphatic heterocycles. The summed E-state index contributed by atoms with van der Waals surface area (Å²) in [6, 6.07) is 6.32. The Kier molecular flexibility index (Phi) is 7.29. The maximum Gasteiger partial charge on any atom is 0.308 e. The van der Waals surface area contributed by atoms with Crippen LogP contribution in [0, 0.1) is 12.8 Å². The van der Waals surface area contributed by atoms with Crippen LogP contribution in [0.5, 0.6) is 0 Å². The van der Waals surface area contributed by atoms with E-state index in [4.69, 9.17) is 17.0 Å². The average molecular weight is 391 g/mol. The van der Waals surface area contributed by atoms with Gasteiger partial charge in [0, 0.05) is 18.7 Å². The number of nitrogens with zero attached hydrogens (tertiary/aromatic N) is 1. The number of hydrogen-bond acceptors (Lipinski definition) is 5. The Morgan fingerprint density at radius 1 is 1.41 bits per heavy atom. The van der Waals surface area contributed by atoms with Crippen molar-refractivity contribution in [3.05, 3.63) is 35.4 Å². The fourth-order valence-electron chi connectivity index (χ4n) is 2.66. The van der Waals surface area contributed by atoms with Gasteiger partial charge in [0.25, 0.3) is 5.91 Å². The zero-order chi connectivity index (χ0) is 20.0. The molecule has 1 aromatic rings. The summed E-state index contributed by atoms with van der Waals surface area (Å²) in [5.41, 5.74) is 1.43. The summed E-state index contributed by atoms with van der Waals surface area (Å²) in [6.07, 6.45) is -0.126. The van der Waals surface area contributed by atoms with Crippen LogP contribution < -0.4 is 10.6 Å². The molecule has 8 heteroatoms. The molecule has 1 aromatic carbocycles. The van der Waals surface area contributed by atoms with Crippen molar-refractivity contribution in [1.82, 2.24) is 15.5 Å². The first-order valence-electron chi connectivity index (χ1n) is 8.90. The molecule has 0 aromatic heterocycles. The third kappa shape index (κ3) is 6.02. The van der Waals surface area contributed by atoms with Gasteiger partial charge in [-0.25, -0.2) is 0 Å². The summed E-state index contributed by atoms with van der Waals surface area (Å²) < 4.78 is 5.17. The molecule has 1 fully saturated rings. The van der Waals surface area contributed by atoms with E-state index in [1.165, 1.54) is 0 Å². The van der Waals surface area contributed by atoms with Gasteiger partial charge in [0.1, 0.15) is 6.04 Å². The predicted molar refractivity (Wildman–Crippen MR) is 105 cm³/mol. The Labute approximate surface area is 164 Å². The van der Waals surface area contributed by atoms with E-state index in [-0.39, 0.29) is 29.3 Å². The number of carbonyl (C=O) groups excluding carboxylic acids is 3. The zero-order valence-electron chi connectivity index (χ0n) is 15.8. The van der Waals surface area contributed by atoms with E-state index in [2.05, 4.69) is 10.6 Å². The highest BCUT2D eigenvalue weighted by Gasteiger charge is 2.34. The Morgan fingerprint density at radius 2 is 2.15 bits per heavy atom. The molecule has 7 nitrogen and oxygen atoms in total. The summed E-state index contributed by atoms with van der Waals surface area (Å²) in [5, 5.41) is 5.50. The van der Waals surface area contributed by atoms with Crippen LogP contribution in [0.15, 0.2) is 24.3 Å². The third-order valence-corrected chi connectivity index (χ3v) is 4.37. The first kappa shape index (κ1) is 20.8. The SMILES string of the molecule is Cc1cccc(C(=O)NC(=S)N2CCNC(=O)C2CC(=O)OCC(C)C)c1. The van der Waals surface area contributed by atoms with E-state index in [0.29, 0.717) is 25.3 Å². The van der Waals surface area contributed by atoms with Gasteiger partial charge >= 0.3 is 5.97 Å². The second-order valence-electron chi connectivity index (χ2n) is 6.91. The first-order chi connectivity index (χ1) is 12.8. The number of aryl methyl sites for hydroxylation is 1. The minimum Gasteiger partial charge on any atom is -0.465 e. The molecule has 0 aliphatic carbocycles. The van der Waals surface area contributed by atoms with Gasteiger partial charge in [-0.2, -0.15) is 0 Å². The highest BCUT2D eigenvalue weighted by Crippen LogP contribution is 2.12. The molecule has 1 atom stereocenters. The van der Waals surface area contributed by atoms with Crippen LogP contribution in [0.2, 0.25) is 0 Å². The molecular weight excluding hydrogens is 366 g/mol. The van der Waals surface area contributed by atoms with E-state index in [9.17, 15) is 14.4 Å². The number of amides is 2. The Hall–Kier alpha value is -2.48. The number of thiocarbonyl (C=S) groups is 1. The second kappa shape index (κ2) is 9.45. The number of piperazine rings is 1. The molecule has 0 radical (unpaired) electrons. The van der Waals surface area contributed by atoms with Crippen molar-refractivity contribution >= 4 is 35.1 Å². The van der Waals surface area contributed by atoms with Crippen LogP contribution in [0.4, 0.5) is 0 Å². The minimum atomic E-state index is -0.802. The van der Waals surface area contributed by atoms with E-state index in [1.54, 1.807) is 23.1 Å². The largest absolute Gasteiger partial charge is 0.465 e. The lowest BCUT2D eigenvalue weighted by Gasteiger charge is -2.36. The van der Waals surface area contributed by atoms with E-state index >= 15 is 0 Å². The van der Waals surface area contributed by atoms with Crippen LogP contribution in [-0.2, 0) is 14.3 Å². The Balaban J connectivity index is 2.03. The van der Waals surface area contributed by atoms with Crippen molar-refractivity contribution in [3.8, 4) is 0 Å². The van der Waals surface area contributed by atoms with E-state index in [1.807, 2.05) is 26.8 Å². The number of carbonyl (C=O) groups is 3. The smallest absolute Gasteiger partial charge is 0.308 e. The molecule has 0 saturated carbocycles. The molecule has 1 aliphatic rings. The maximum atomic E-state index is 12.4. The van der Waals surface area contributed by atoms with Gasteiger partial charge in [-0.1, -0.05) is 31.5 Å². The normalized spacial score (nSPS) is 16.7. The molecule has 0 spiro atoms. The van der Waals surface area contributed by atoms with Crippen molar-refractivity contribution in [2.45, 2.75) is 33.2 Å². The van der Waals surface area contributed by atoms with Gasteiger partial charge < -0.3 is 15.0 Å². The zero-order valence-corrected chi connectivity index (χ0v) is 16.6. The van der Waals surface area contributed by atoms with Crippen molar-refractivity contribution in [3.63, 3.8) is 0 Å². The highest BCUT2D eigenvalue weighted by molar-refractivity contribution is 7.80. The number of esters is 1. The van der Waals surface area contributed by atoms with Crippen LogP contribution in [0.1, 0.15) is 36.2 Å². The van der Waals surface area contributed by atoms with Crippen molar-refractivity contribution in [1.29, 1.82) is 0 Å². The molecule has 146 valence electrons.